The molecule has 0 fully saturated rings. The second-order valence-electron chi connectivity index (χ2n) is 5.07. The highest BCUT2D eigenvalue weighted by Crippen LogP contribution is 2.40. The number of benzene rings is 1. The standard InChI is InChI=1S/C17H17ClF3NOS/c1-2-3-6-12(11-22)16(24-17(19,20)21)10-9-15(23)13-7-4-5-8-14(13)18/h4-5,7-8H,2-3,6,9-10H2,1H3/b16-12+. The van der Waals surface area contributed by atoms with Gasteiger partial charge in [-0.05, 0) is 43.2 Å². The van der Waals surface area contributed by atoms with Crippen molar-refractivity contribution in [3.8, 4) is 6.07 Å². The number of halogens is 4. The van der Waals surface area contributed by atoms with Crippen LogP contribution in [0.1, 0.15) is 49.4 Å². The Labute approximate surface area is 148 Å². The summed E-state index contributed by atoms with van der Waals surface area (Å²) in [4.78, 5) is 12.1. The van der Waals surface area contributed by atoms with Crippen molar-refractivity contribution >= 4 is 29.1 Å². The lowest BCUT2D eigenvalue weighted by molar-refractivity contribution is -0.0322. The van der Waals surface area contributed by atoms with Crippen LogP contribution in [0.2, 0.25) is 5.02 Å². The molecule has 0 spiro atoms. The smallest absolute Gasteiger partial charge is 0.294 e. The molecule has 0 aliphatic carbocycles. The lowest BCUT2D eigenvalue weighted by atomic mass is 10.0. The van der Waals surface area contributed by atoms with Crippen LogP contribution >= 0.6 is 23.4 Å². The molecular formula is C17H17ClF3NOS. The van der Waals surface area contributed by atoms with E-state index in [1.807, 2.05) is 13.0 Å². The summed E-state index contributed by atoms with van der Waals surface area (Å²) in [6.07, 6.45) is 1.43. The van der Waals surface area contributed by atoms with E-state index in [9.17, 15) is 18.0 Å². The van der Waals surface area contributed by atoms with Gasteiger partial charge < -0.3 is 0 Å². The van der Waals surface area contributed by atoms with Gasteiger partial charge in [-0.25, -0.2) is 0 Å². The molecule has 1 aromatic carbocycles. The number of carbonyl (C=O) groups is 1. The van der Waals surface area contributed by atoms with Crippen molar-refractivity contribution in [2.24, 2.45) is 0 Å². The topological polar surface area (TPSA) is 40.9 Å². The van der Waals surface area contributed by atoms with Crippen molar-refractivity contribution < 1.29 is 18.0 Å². The summed E-state index contributed by atoms with van der Waals surface area (Å²) in [6.45, 7) is 1.90. The fourth-order valence-corrected chi connectivity index (χ4v) is 3.06. The van der Waals surface area contributed by atoms with Gasteiger partial charge in [0.25, 0.3) is 0 Å². The largest absolute Gasteiger partial charge is 0.446 e. The van der Waals surface area contributed by atoms with Crippen molar-refractivity contribution in [2.75, 3.05) is 0 Å². The lowest BCUT2D eigenvalue weighted by Crippen LogP contribution is -2.05. The van der Waals surface area contributed by atoms with Crippen molar-refractivity contribution in [3.05, 3.63) is 45.3 Å². The number of unbranched alkanes of at least 4 members (excludes halogenated alkanes) is 1. The highest BCUT2D eigenvalue weighted by atomic mass is 35.5. The zero-order valence-corrected chi connectivity index (χ0v) is 14.7. The first-order chi connectivity index (χ1) is 11.3. The SMILES string of the molecule is CCCC/C(C#N)=C(/CCC(=O)c1ccccc1Cl)SC(F)(F)F. The minimum absolute atomic E-state index is 0.0844. The maximum Gasteiger partial charge on any atom is 0.446 e. The number of rotatable bonds is 8. The second kappa shape index (κ2) is 9.75. The van der Waals surface area contributed by atoms with Crippen LogP contribution in [0.3, 0.4) is 0 Å². The van der Waals surface area contributed by atoms with Gasteiger partial charge in [-0.1, -0.05) is 37.1 Å². The fourth-order valence-electron chi connectivity index (χ4n) is 2.06. The van der Waals surface area contributed by atoms with Gasteiger partial charge in [0.2, 0.25) is 0 Å². The van der Waals surface area contributed by atoms with Crippen LogP contribution < -0.4 is 0 Å². The molecule has 0 N–H and O–H groups in total. The molecule has 0 radical (unpaired) electrons. The third-order valence-electron chi connectivity index (χ3n) is 3.24. The van der Waals surface area contributed by atoms with Gasteiger partial charge in [-0.15, -0.1) is 0 Å². The minimum atomic E-state index is -4.49. The Morgan fingerprint density at radius 2 is 1.92 bits per heavy atom. The minimum Gasteiger partial charge on any atom is -0.294 e. The number of allylic oxidation sites excluding steroid dienone is 2. The van der Waals surface area contributed by atoms with Gasteiger partial charge in [-0.3, -0.25) is 4.79 Å². The molecule has 1 aromatic rings. The third-order valence-corrected chi connectivity index (χ3v) is 4.50. The molecule has 0 unspecified atom stereocenters. The van der Waals surface area contributed by atoms with E-state index >= 15 is 0 Å². The highest BCUT2D eigenvalue weighted by Gasteiger charge is 2.32. The van der Waals surface area contributed by atoms with E-state index in [0.29, 0.717) is 6.42 Å². The van der Waals surface area contributed by atoms with Crippen molar-refractivity contribution in [1.29, 1.82) is 5.26 Å². The summed E-state index contributed by atoms with van der Waals surface area (Å²) in [5, 5.41) is 9.42. The Bertz CT molecular complexity index is 650. The molecule has 0 saturated heterocycles. The van der Waals surface area contributed by atoms with E-state index in [4.69, 9.17) is 16.9 Å². The van der Waals surface area contributed by atoms with Gasteiger partial charge in [0.1, 0.15) is 0 Å². The molecule has 1 rings (SSSR count). The number of nitriles is 1. The van der Waals surface area contributed by atoms with E-state index < -0.39 is 5.51 Å². The van der Waals surface area contributed by atoms with Crippen LogP contribution in [-0.4, -0.2) is 11.3 Å². The summed E-state index contributed by atoms with van der Waals surface area (Å²) < 4.78 is 38.2. The lowest BCUT2D eigenvalue weighted by Gasteiger charge is -2.12. The number of thioether (sulfide) groups is 1. The number of hydrogen-bond donors (Lipinski definition) is 0. The van der Waals surface area contributed by atoms with Crippen molar-refractivity contribution in [3.63, 3.8) is 0 Å². The zero-order valence-electron chi connectivity index (χ0n) is 13.1. The van der Waals surface area contributed by atoms with Crippen LogP contribution in [-0.2, 0) is 0 Å². The molecule has 7 heteroatoms. The molecule has 0 atom stereocenters. The third kappa shape index (κ3) is 6.98. The predicted molar refractivity (Wildman–Crippen MR) is 90.8 cm³/mol. The molecule has 0 aliphatic rings. The van der Waals surface area contributed by atoms with Gasteiger partial charge in [-0.2, -0.15) is 18.4 Å². The Kier molecular flexibility index (Phi) is 8.37. The average Bonchev–Trinajstić information content (AvgIpc) is 2.51. The van der Waals surface area contributed by atoms with Crippen LogP contribution in [0, 0.1) is 11.3 Å². The summed E-state index contributed by atoms with van der Waals surface area (Å²) in [7, 11) is 0. The summed E-state index contributed by atoms with van der Waals surface area (Å²) in [6, 6.07) is 8.25. The summed E-state index contributed by atoms with van der Waals surface area (Å²) >= 11 is 5.63. The zero-order chi connectivity index (χ0) is 18.2. The monoisotopic (exact) mass is 375 g/mol. The molecule has 2 nitrogen and oxygen atoms in total. The molecule has 0 amide bonds. The van der Waals surface area contributed by atoms with Crippen molar-refractivity contribution in [1.82, 2.24) is 0 Å². The van der Waals surface area contributed by atoms with Crippen LogP contribution in [0.15, 0.2) is 34.7 Å². The molecule has 0 saturated carbocycles. The predicted octanol–water partition coefficient (Wildman–Crippen LogP) is 6.52. The maximum absolute atomic E-state index is 12.7. The Morgan fingerprint density at radius 3 is 2.46 bits per heavy atom. The van der Waals surface area contributed by atoms with E-state index in [-0.39, 0.29) is 57.9 Å². The second-order valence-corrected chi connectivity index (χ2v) is 6.63. The molecule has 130 valence electrons. The van der Waals surface area contributed by atoms with Gasteiger partial charge >= 0.3 is 5.51 Å². The molecule has 0 aromatic heterocycles. The van der Waals surface area contributed by atoms with Gasteiger partial charge in [0.05, 0.1) is 11.1 Å². The molecule has 0 aliphatic heterocycles. The summed E-state index contributed by atoms with van der Waals surface area (Å²) in [5.41, 5.74) is -4.11. The molecule has 24 heavy (non-hydrogen) atoms. The quantitative estimate of drug-likeness (QED) is 0.383. The van der Waals surface area contributed by atoms with E-state index in [0.717, 1.165) is 6.42 Å². The van der Waals surface area contributed by atoms with E-state index in [1.165, 1.54) is 6.07 Å². The number of alkyl halides is 3. The molecule has 0 heterocycles. The Hall–Kier alpha value is -1.45. The number of carbonyl (C=O) groups excluding carboxylic acids is 1. The number of nitrogens with zero attached hydrogens (tertiary/aromatic N) is 1. The molecular weight excluding hydrogens is 359 g/mol. The van der Waals surface area contributed by atoms with Crippen LogP contribution in [0.5, 0.6) is 0 Å². The number of hydrogen-bond acceptors (Lipinski definition) is 3. The van der Waals surface area contributed by atoms with Gasteiger partial charge in [0.15, 0.2) is 5.78 Å². The molecule has 0 bridgehead atoms. The average molecular weight is 376 g/mol. The highest BCUT2D eigenvalue weighted by molar-refractivity contribution is 8.03. The summed E-state index contributed by atoms with van der Waals surface area (Å²) in [5.74, 6) is -0.339. The van der Waals surface area contributed by atoms with Crippen LogP contribution in [0.25, 0.3) is 0 Å². The Balaban J connectivity index is 2.93. The van der Waals surface area contributed by atoms with E-state index in [1.54, 1.807) is 18.2 Å². The van der Waals surface area contributed by atoms with E-state index in [2.05, 4.69) is 0 Å². The van der Waals surface area contributed by atoms with Crippen LogP contribution in [0.4, 0.5) is 13.2 Å². The number of Topliss-reactive ketones (excluding diaryl/α,β-unsaturated/α-hetero) is 1. The maximum atomic E-state index is 12.7. The van der Waals surface area contributed by atoms with Gasteiger partial charge in [0, 0.05) is 22.5 Å². The first-order valence-corrected chi connectivity index (χ1v) is 8.63. The Morgan fingerprint density at radius 1 is 1.25 bits per heavy atom. The first kappa shape index (κ1) is 20.6. The number of ketones is 1. The van der Waals surface area contributed by atoms with Crippen molar-refractivity contribution in [2.45, 2.75) is 44.5 Å². The normalized spacial score (nSPS) is 12.5. The fraction of sp³-hybridized carbons (Fsp3) is 0.412. The first-order valence-electron chi connectivity index (χ1n) is 7.44.